The molecule has 0 spiro atoms. The molecule has 0 aromatic heterocycles. The Balaban J connectivity index is -0.0000000417. The van der Waals surface area contributed by atoms with Gasteiger partial charge in [-0.3, -0.25) is 4.55 Å². The molecule has 0 amide bonds. The summed E-state index contributed by atoms with van der Waals surface area (Å²) in [6.07, 6.45) is 0. The van der Waals surface area contributed by atoms with E-state index in [4.69, 9.17) is 9.66 Å². The van der Waals surface area contributed by atoms with E-state index in [9.17, 15) is 8.42 Å². The van der Waals surface area contributed by atoms with E-state index in [0.717, 1.165) is 0 Å². The molecule has 0 aromatic rings. The molecule has 6 heteroatoms. The minimum absolute atomic E-state index is 0. The molecule has 0 unspecified atom stereocenters. The van der Waals surface area contributed by atoms with Crippen LogP contribution in [0.15, 0.2) is 0 Å². The molecule has 7 heavy (non-hydrogen) atoms. The molecule has 0 aromatic carbocycles. The predicted octanol–water partition coefficient (Wildman–Crippen LogP) is -1.33. The van der Waals surface area contributed by atoms with Gasteiger partial charge in [0.2, 0.25) is 0 Å². The third kappa shape index (κ3) is 11.0. The number of hydrogen-bond donors (Lipinski definition) is 2. The molecule has 0 rings (SSSR count). The molecule has 42 valence electrons. The van der Waals surface area contributed by atoms with Gasteiger partial charge in [0.25, 0.3) is 10.1 Å². The van der Waals surface area contributed by atoms with Crippen LogP contribution in [0, 0.1) is 0 Å². The fraction of sp³-hybridized carbons (Fsp3) is 1.00. The van der Waals surface area contributed by atoms with Gasteiger partial charge in [-0.15, -0.1) is 0 Å². The van der Waals surface area contributed by atoms with Crippen molar-refractivity contribution in [3.8, 4) is 0 Å². The zero-order valence-electron chi connectivity index (χ0n) is 5.53. The second-order valence-corrected chi connectivity index (χ2v) is 2.13. The third-order valence-corrected chi connectivity index (χ3v) is 0.489. The molecule has 0 aliphatic carbocycles. The van der Waals surface area contributed by atoms with Gasteiger partial charge in [0.1, 0.15) is 0 Å². The van der Waals surface area contributed by atoms with E-state index in [1.54, 1.807) is 0 Å². The standard InChI is InChI=1S/CH4O4S.Ca.2H/c2-1-6(3,4)5;;;/h2H,1H2,(H,3,4,5);;;/q;+2;2*-1. The van der Waals surface area contributed by atoms with Gasteiger partial charge in [-0.1, -0.05) is 0 Å². The topological polar surface area (TPSA) is 74.6 Å². The van der Waals surface area contributed by atoms with Gasteiger partial charge < -0.3 is 7.96 Å². The molecule has 2 N–H and O–H groups in total. The summed E-state index contributed by atoms with van der Waals surface area (Å²) in [4.78, 5) is 0. The largest absolute Gasteiger partial charge is 2.00 e. The van der Waals surface area contributed by atoms with Crippen molar-refractivity contribution in [2.75, 3.05) is 5.94 Å². The van der Waals surface area contributed by atoms with Gasteiger partial charge in [-0.05, 0) is 0 Å². The Morgan fingerprint density at radius 2 is 1.71 bits per heavy atom. The van der Waals surface area contributed by atoms with E-state index in [1.165, 1.54) is 0 Å². The molecule has 0 aliphatic rings. The van der Waals surface area contributed by atoms with Gasteiger partial charge in [0.15, 0.2) is 5.94 Å². The average molecular weight is 154 g/mol. The Labute approximate surface area is 74.2 Å². The molecule has 0 heterocycles. The van der Waals surface area contributed by atoms with E-state index in [1.807, 2.05) is 0 Å². The summed E-state index contributed by atoms with van der Waals surface area (Å²) in [6, 6.07) is 0. The first-order valence-electron chi connectivity index (χ1n) is 1.12. The molecule has 0 aliphatic heterocycles. The summed E-state index contributed by atoms with van der Waals surface area (Å²) in [5.41, 5.74) is 0. The van der Waals surface area contributed by atoms with Crippen LogP contribution in [0.1, 0.15) is 2.85 Å². The molecule has 0 bridgehead atoms. The van der Waals surface area contributed by atoms with Crippen molar-refractivity contribution in [1.82, 2.24) is 0 Å². The number of aliphatic hydroxyl groups is 1. The Bertz CT molecular complexity index is 121. The maximum Gasteiger partial charge on any atom is 2.00 e. The Hall–Kier alpha value is 1.13. The molecule has 0 radical (unpaired) electrons. The Morgan fingerprint density at radius 1 is 1.57 bits per heavy atom. The fourth-order valence-corrected chi connectivity index (χ4v) is 0. The van der Waals surface area contributed by atoms with Gasteiger partial charge in [-0.2, -0.15) is 8.42 Å². The van der Waals surface area contributed by atoms with E-state index in [2.05, 4.69) is 0 Å². The van der Waals surface area contributed by atoms with Crippen molar-refractivity contribution < 1.29 is 20.9 Å². The smallest absolute Gasteiger partial charge is 1.00 e. The number of hydrogen-bond acceptors (Lipinski definition) is 3. The van der Waals surface area contributed by atoms with Gasteiger partial charge in [0.05, 0.1) is 0 Å². The number of rotatable bonds is 1. The SMILES string of the molecule is O=S(=O)(O)CO.[Ca+2].[H-].[H-]. The third-order valence-electron chi connectivity index (χ3n) is 0.163. The molecule has 0 atom stereocenters. The van der Waals surface area contributed by atoms with Crippen LogP contribution in [0.2, 0.25) is 0 Å². The first-order valence-corrected chi connectivity index (χ1v) is 2.73. The van der Waals surface area contributed by atoms with Gasteiger partial charge >= 0.3 is 37.7 Å². The predicted molar refractivity (Wildman–Crippen MR) is 26.6 cm³/mol. The summed E-state index contributed by atoms with van der Waals surface area (Å²) < 4.78 is 26.2. The van der Waals surface area contributed by atoms with Crippen LogP contribution in [-0.2, 0) is 10.1 Å². The Morgan fingerprint density at radius 3 is 1.71 bits per heavy atom. The van der Waals surface area contributed by atoms with Crippen LogP contribution in [0.3, 0.4) is 0 Å². The molecule has 0 fully saturated rings. The zero-order chi connectivity index (χ0) is 5.21. The van der Waals surface area contributed by atoms with Gasteiger partial charge in [-0.25, -0.2) is 0 Å². The maximum absolute atomic E-state index is 9.31. The van der Waals surface area contributed by atoms with Crippen LogP contribution < -0.4 is 0 Å². The van der Waals surface area contributed by atoms with Crippen LogP contribution >= 0.6 is 0 Å². The maximum atomic E-state index is 9.31. The quantitative estimate of drug-likeness (QED) is 0.362. The van der Waals surface area contributed by atoms with Crippen molar-refractivity contribution in [3.63, 3.8) is 0 Å². The zero-order valence-corrected chi connectivity index (χ0v) is 6.56. The molecule has 0 saturated heterocycles. The van der Waals surface area contributed by atoms with E-state index in [0.29, 0.717) is 0 Å². The van der Waals surface area contributed by atoms with E-state index in [-0.39, 0.29) is 40.6 Å². The normalized spacial score (nSPS) is 10.0. The number of aliphatic hydroxyl groups excluding tert-OH is 1. The van der Waals surface area contributed by atoms with E-state index < -0.39 is 16.1 Å². The van der Waals surface area contributed by atoms with Crippen molar-refractivity contribution in [2.45, 2.75) is 0 Å². The molecular weight excluding hydrogens is 148 g/mol. The average Bonchev–Trinajstić information content (AvgIpc) is 1.35. The first-order chi connectivity index (χ1) is 2.56. The van der Waals surface area contributed by atoms with Crippen molar-refractivity contribution >= 4 is 47.9 Å². The summed E-state index contributed by atoms with van der Waals surface area (Å²) in [6.45, 7) is 0. The van der Waals surface area contributed by atoms with Crippen molar-refractivity contribution in [3.05, 3.63) is 0 Å². The van der Waals surface area contributed by atoms with Gasteiger partial charge in [0, 0.05) is 0 Å². The minimum atomic E-state index is -4.11. The van der Waals surface area contributed by atoms with Crippen molar-refractivity contribution in [1.29, 1.82) is 0 Å². The van der Waals surface area contributed by atoms with Crippen molar-refractivity contribution in [2.24, 2.45) is 0 Å². The monoisotopic (exact) mass is 154 g/mol. The van der Waals surface area contributed by atoms with Crippen LogP contribution in [-0.4, -0.2) is 61.8 Å². The Kier molecular flexibility index (Phi) is 6.37. The summed E-state index contributed by atoms with van der Waals surface area (Å²) in [7, 11) is -4.11. The van der Waals surface area contributed by atoms with E-state index >= 15 is 0 Å². The molecule has 0 saturated carbocycles. The second-order valence-electron chi connectivity index (χ2n) is 0.711. The molecular formula is CH6CaO4S. The van der Waals surface area contributed by atoms with Crippen LogP contribution in [0.5, 0.6) is 0 Å². The second kappa shape index (κ2) is 4.05. The first kappa shape index (κ1) is 11.0. The summed E-state index contributed by atoms with van der Waals surface area (Å²) >= 11 is 0. The van der Waals surface area contributed by atoms with Crippen LogP contribution in [0.25, 0.3) is 0 Å². The minimum Gasteiger partial charge on any atom is -1.00 e. The summed E-state index contributed by atoms with van der Waals surface area (Å²) in [5.74, 6) is -1.20. The summed E-state index contributed by atoms with van der Waals surface area (Å²) in [5, 5.41) is 7.56. The van der Waals surface area contributed by atoms with Crippen LogP contribution in [0.4, 0.5) is 0 Å². The molecule has 4 nitrogen and oxygen atoms in total. The fourth-order valence-electron chi connectivity index (χ4n) is 0.